The van der Waals surface area contributed by atoms with Crippen LogP contribution in [0, 0.1) is 13.8 Å². The Morgan fingerprint density at radius 3 is 2.83 bits per heavy atom. The number of aryl methyl sites for hydroxylation is 3. The van der Waals surface area contributed by atoms with Gasteiger partial charge in [-0.15, -0.1) is 10.2 Å². The van der Waals surface area contributed by atoms with E-state index < -0.39 is 0 Å². The van der Waals surface area contributed by atoms with Gasteiger partial charge >= 0.3 is 6.03 Å². The molecule has 2 amide bonds. The van der Waals surface area contributed by atoms with E-state index in [1.165, 1.54) is 0 Å². The minimum absolute atomic E-state index is 0.114. The van der Waals surface area contributed by atoms with Gasteiger partial charge in [-0.25, -0.2) is 4.79 Å². The number of amides is 2. The number of aromatic nitrogens is 5. The number of carbonyl (C=O) groups excluding carboxylic acids is 1. The van der Waals surface area contributed by atoms with Crippen molar-refractivity contribution in [3.05, 3.63) is 29.1 Å². The van der Waals surface area contributed by atoms with Gasteiger partial charge in [0.25, 0.3) is 0 Å². The van der Waals surface area contributed by atoms with Crippen LogP contribution in [0.4, 0.5) is 4.79 Å². The summed E-state index contributed by atoms with van der Waals surface area (Å²) in [4.78, 5) is 14.0. The molecule has 126 valence electrons. The Kier molecular flexibility index (Phi) is 5.36. The lowest BCUT2D eigenvalue weighted by molar-refractivity contribution is 0.201. The third-order valence-corrected chi connectivity index (χ3v) is 3.84. The molecule has 2 aromatic rings. The van der Waals surface area contributed by atoms with Crippen LogP contribution in [-0.4, -0.2) is 42.9 Å². The van der Waals surface area contributed by atoms with Crippen molar-refractivity contribution < 1.29 is 4.79 Å². The average molecular weight is 319 g/mol. The lowest BCUT2D eigenvalue weighted by Crippen LogP contribution is -2.39. The number of hydrogen-bond donors (Lipinski definition) is 2. The summed E-state index contributed by atoms with van der Waals surface area (Å²) < 4.78 is 1.97. The van der Waals surface area contributed by atoms with Crippen LogP contribution in [-0.2, 0) is 13.1 Å². The summed E-state index contributed by atoms with van der Waals surface area (Å²) >= 11 is 0. The summed E-state index contributed by atoms with van der Waals surface area (Å²) in [5.41, 5.74) is 2.90. The molecule has 1 atom stereocenters. The van der Waals surface area contributed by atoms with Crippen LogP contribution < -0.4 is 5.32 Å². The Morgan fingerprint density at radius 1 is 1.48 bits per heavy atom. The van der Waals surface area contributed by atoms with Crippen LogP contribution >= 0.6 is 0 Å². The van der Waals surface area contributed by atoms with Gasteiger partial charge in [-0.05, 0) is 27.2 Å². The van der Waals surface area contributed by atoms with E-state index >= 15 is 0 Å². The van der Waals surface area contributed by atoms with E-state index in [1.807, 2.05) is 25.3 Å². The van der Waals surface area contributed by atoms with E-state index in [1.54, 1.807) is 18.3 Å². The van der Waals surface area contributed by atoms with Gasteiger partial charge in [0.15, 0.2) is 5.82 Å². The first-order chi connectivity index (χ1) is 10.9. The van der Waals surface area contributed by atoms with E-state index in [-0.39, 0.29) is 12.1 Å². The van der Waals surface area contributed by atoms with Gasteiger partial charge in [0.1, 0.15) is 6.33 Å². The quantitative estimate of drug-likeness (QED) is 0.851. The highest BCUT2D eigenvalue weighted by atomic mass is 16.2. The molecular weight excluding hydrogens is 294 g/mol. The number of rotatable bonds is 6. The zero-order valence-corrected chi connectivity index (χ0v) is 14.4. The van der Waals surface area contributed by atoms with E-state index in [2.05, 4.69) is 32.6 Å². The van der Waals surface area contributed by atoms with Crippen LogP contribution in [0.2, 0.25) is 0 Å². The monoisotopic (exact) mass is 319 g/mol. The van der Waals surface area contributed by atoms with Crippen molar-refractivity contribution in [2.24, 2.45) is 0 Å². The molecule has 0 saturated carbocycles. The first kappa shape index (κ1) is 17.0. The molecule has 2 aromatic heterocycles. The number of nitrogens with zero attached hydrogens (tertiary/aromatic N) is 5. The molecule has 0 bridgehead atoms. The fourth-order valence-corrected chi connectivity index (χ4v) is 2.68. The maximum absolute atomic E-state index is 12.4. The minimum atomic E-state index is -0.149. The maximum Gasteiger partial charge on any atom is 0.318 e. The molecule has 2 N–H and O–H groups in total. The maximum atomic E-state index is 12.4. The minimum Gasteiger partial charge on any atom is -0.331 e. The first-order valence-corrected chi connectivity index (χ1v) is 7.83. The van der Waals surface area contributed by atoms with E-state index in [9.17, 15) is 4.79 Å². The number of hydrogen-bond acceptors (Lipinski definition) is 4. The molecule has 0 unspecified atom stereocenters. The second-order valence-corrected chi connectivity index (χ2v) is 5.82. The summed E-state index contributed by atoms with van der Waals surface area (Å²) in [6.45, 7) is 9.20. The van der Waals surface area contributed by atoms with Crippen LogP contribution in [0.3, 0.4) is 0 Å². The fourth-order valence-electron chi connectivity index (χ4n) is 2.68. The highest BCUT2D eigenvalue weighted by Gasteiger charge is 2.19. The van der Waals surface area contributed by atoms with Crippen molar-refractivity contribution in [2.75, 3.05) is 7.05 Å². The molecule has 0 fully saturated rings. The van der Waals surface area contributed by atoms with Gasteiger partial charge in [0, 0.05) is 24.8 Å². The molecule has 0 spiro atoms. The lowest BCUT2D eigenvalue weighted by Gasteiger charge is -2.21. The largest absolute Gasteiger partial charge is 0.331 e. The first-order valence-electron chi connectivity index (χ1n) is 7.83. The molecule has 0 aliphatic heterocycles. The summed E-state index contributed by atoms with van der Waals surface area (Å²) in [5.74, 6) is 0.785. The Hall–Kier alpha value is -2.38. The van der Waals surface area contributed by atoms with E-state index in [0.29, 0.717) is 6.54 Å². The highest BCUT2D eigenvalue weighted by Crippen LogP contribution is 2.19. The van der Waals surface area contributed by atoms with Crippen molar-refractivity contribution >= 4 is 6.03 Å². The Bertz CT molecular complexity index is 641. The van der Waals surface area contributed by atoms with Gasteiger partial charge in [-0.3, -0.25) is 5.10 Å². The molecular formula is C15H25N7O. The number of urea groups is 1. The summed E-state index contributed by atoms with van der Waals surface area (Å²) in [6.07, 6.45) is 2.70. The van der Waals surface area contributed by atoms with Crippen molar-refractivity contribution in [1.29, 1.82) is 0 Å². The average Bonchev–Trinajstić information content (AvgIpc) is 3.06. The molecule has 0 radical (unpaired) electrons. The smallest absolute Gasteiger partial charge is 0.318 e. The van der Waals surface area contributed by atoms with Gasteiger partial charge in [0.05, 0.1) is 18.3 Å². The lowest BCUT2D eigenvalue weighted by atomic mass is 10.1. The number of carbonyl (C=O) groups is 1. The predicted molar refractivity (Wildman–Crippen MR) is 86.8 cm³/mol. The Labute approximate surface area is 136 Å². The number of aromatic amines is 1. The SMILES string of the molecule is CCCn1cnnc1CN(C)C(=O)N[C@H](C)c1c(C)n[nH]c1C. The third kappa shape index (κ3) is 3.88. The normalized spacial score (nSPS) is 12.2. The molecule has 0 saturated heterocycles. The number of H-pyrrole nitrogens is 1. The van der Waals surface area contributed by atoms with Gasteiger partial charge < -0.3 is 14.8 Å². The molecule has 23 heavy (non-hydrogen) atoms. The summed E-state index contributed by atoms with van der Waals surface area (Å²) in [6, 6.07) is -0.263. The van der Waals surface area contributed by atoms with Crippen molar-refractivity contribution in [2.45, 2.75) is 53.2 Å². The topological polar surface area (TPSA) is 91.7 Å². The number of nitrogens with one attached hydrogen (secondary N) is 2. The molecule has 2 rings (SSSR count). The molecule has 8 nitrogen and oxygen atoms in total. The third-order valence-electron chi connectivity index (χ3n) is 3.84. The van der Waals surface area contributed by atoms with Crippen LogP contribution in [0.25, 0.3) is 0 Å². The zero-order valence-electron chi connectivity index (χ0n) is 14.4. The Morgan fingerprint density at radius 2 is 2.22 bits per heavy atom. The second-order valence-electron chi connectivity index (χ2n) is 5.82. The van der Waals surface area contributed by atoms with Gasteiger partial charge in [0.2, 0.25) is 0 Å². The standard InChI is InChI=1S/C15H25N7O/c1-6-7-22-9-16-20-13(22)8-21(5)15(23)17-10(2)14-11(3)18-19-12(14)4/h9-10H,6-8H2,1-5H3,(H,17,23)(H,18,19)/t10-/m1/s1. The molecule has 2 heterocycles. The van der Waals surface area contributed by atoms with Crippen molar-refractivity contribution in [3.63, 3.8) is 0 Å². The van der Waals surface area contributed by atoms with E-state index in [0.717, 1.165) is 35.7 Å². The van der Waals surface area contributed by atoms with Crippen molar-refractivity contribution in [1.82, 2.24) is 35.2 Å². The molecule has 8 heteroatoms. The second kappa shape index (κ2) is 7.26. The summed E-state index contributed by atoms with van der Waals surface area (Å²) in [7, 11) is 1.75. The van der Waals surface area contributed by atoms with E-state index in [4.69, 9.17) is 0 Å². The van der Waals surface area contributed by atoms with Gasteiger partial charge in [-0.2, -0.15) is 5.10 Å². The van der Waals surface area contributed by atoms with Crippen LogP contribution in [0.1, 0.15) is 49.1 Å². The Balaban J connectivity index is 1.98. The van der Waals surface area contributed by atoms with Crippen molar-refractivity contribution in [3.8, 4) is 0 Å². The zero-order chi connectivity index (χ0) is 17.0. The predicted octanol–water partition coefficient (Wildman–Crippen LogP) is 1.93. The fraction of sp³-hybridized carbons (Fsp3) is 0.600. The molecule has 0 aromatic carbocycles. The molecule has 0 aliphatic rings. The van der Waals surface area contributed by atoms with Crippen LogP contribution in [0.15, 0.2) is 6.33 Å². The van der Waals surface area contributed by atoms with Gasteiger partial charge in [-0.1, -0.05) is 6.92 Å². The summed E-state index contributed by atoms with van der Waals surface area (Å²) in [5, 5.41) is 18.1. The van der Waals surface area contributed by atoms with Crippen LogP contribution in [0.5, 0.6) is 0 Å². The highest BCUT2D eigenvalue weighted by molar-refractivity contribution is 5.74. The molecule has 0 aliphatic carbocycles.